The highest BCUT2D eigenvalue weighted by atomic mass is 32.2. The van der Waals surface area contributed by atoms with E-state index < -0.39 is 10.0 Å². The van der Waals surface area contributed by atoms with Crippen molar-refractivity contribution >= 4 is 38.9 Å². The van der Waals surface area contributed by atoms with Gasteiger partial charge in [0.05, 0.1) is 11.4 Å². The SMILES string of the molecule is CC(=O)Nc1cccc(NS(=O)(=O)CCC(=O)Nc2ccc(C)c(C)c2)c1. The third-order valence-electron chi connectivity index (χ3n) is 3.84. The highest BCUT2D eigenvalue weighted by molar-refractivity contribution is 7.92. The Bertz CT molecular complexity index is 955. The Morgan fingerprint density at radius 2 is 1.56 bits per heavy atom. The summed E-state index contributed by atoms with van der Waals surface area (Å²) in [4.78, 5) is 23.1. The number of sulfonamides is 1. The van der Waals surface area contributed by atoms with Crippen molar-refractivity contribution < 1.29 is 18.0 Å². The van der Waals surface area contributed by atoms with Gasteiger partial charge in [0, 0.05) is 24.7 Å². The average molecular weight is 389 g/mol. The number of hydrogen-bond donors (Lipinski definition) is 3. The molecule has 2 aromatic rings. The van der Waals surface area contributed by atoms with Crippen LogP contribution in [0.5, 0.6) is 0 Å². The predicted molar refractivity (Wildman–Crippen MR) is 107 cm³/mol. The first kappa shape index (κ1) is 20.4. The minimum Gasteiger partial charge on any atom is -0.326 e. The zero-order valence-electron chi connectivity index (χ0n) is 15.5. The normalized spacial score (nSPS) is 10.9. The molecule has 7 nitrogen and oxygen atoms in total. The molecular formula is C19H23N3O4S. The summed E-state index contributed by atoms with van der Waals surface area (Å²) in [5.41, 5.74) is 3.59. The van der Waals surface area contributed by atoms with Gasteiger partial charge in [0.25, 0.3) is 0 Å². The highest BCUT2D eigenvalue weighted by Gasteiger charge is 2.14. The van der Waals surface area contributed by atoms with Gasteiger partial charge in [-0.25, -0.2) is 8.42 Å². The van der Waals surface area contributed by atoms with E-state index in [0.717, 1.165) is 11.1 Å². The lowest BCUT2D eigenvalue weighted by Crippen LogP contribution is -2.22. The van der Waals surface area contributed by atoms with Crippen LogP contribution in [0.4, 0.5) is 17.1 Å². The molecule has 0 aliphatic rings. The molecule has 0 bridgehead atoms. The summed E-state index contributed by atoms with van der Waals surface area (Å²) in [6.07, 6.45) is -0.173. The minimum atomic E-state index is -3.71. The molecule has 0 heterocycles. The lowest BCUT2D eigenvalue weighted by Gasteiger charge is -2.10. The van der Waals surface area contributed by atoms with Gasteiger partial charge in [-0.1, -0.05) is 12.1 Å². The summed E-state index contributed by atoms with van der Waals surface area (Å²) in [6, 6.07) is 11.9. The molecule has 144 valence electrons. The highest BCUT2D eigenvalue weighted by Crippen LogP contribution is 2.17. The van der Waals surface area contributed by atoms with Gasteiger partial charge in [-0.15, -0.1) is 0 Å². The number of hydrogen-bond acceptors (Lipinski definition) is 4. The van der Waals surface area contributed by atoms with Crippen molar-refractivity contribution in [2.75, 3.05) is 21.1 Å². The maximum absolute atomic E-state index is 12.2. The molecule has 0 radical (unpaired) electrons. The monoisotopic (exact) mass is 389 g/mol. The van der Waals surface area contributed by atoms with Crippen molar-refractivity contribution in [3.63, 3.8) is 0 Å². The molecule has 27 heavy (non-hydrogen) atoms. The van der Waals surface area contributed by atoms with Crippen LogP contribution in [0.15, 0.2) is 42.5 Å². The quantitative estimate of drug-likeness (QED) is 0.677. The molecule has 2 aromatic carbocycles. The van der Waals surface area contributed by atoms with Crippen molar-refractivity contribution in [2.45, 2.75) is 27.2 Å². The molecule has 0 atom stereocenters. The molecule has 0 unspecified atom stereocenters. The van der Waals surface area contributed by atoms with Crippen LogP contribution in [0.25, 0.3) is 0 Å². The van der Waals surface area contributed by atoms with Gasteiger partial charge in [0.15, 0.2) is 0 Å². The van der Waals surface area contributed by atoms with Gasteiger partial charge < -0.3 is 10.6 Å². The standard InChI is InChI=1S/C19H23N3O4S/c1-13-7-8-17(11-14(13)2)21-19(24)9-10-27(25,26)22-18-6-4-5-16(12-18)20-15(3)23/h4-8,11-12,22H,9-10H2,1-3H3,(H,20,23)(H,21,24). The van der Waals surface area contributed by atoms with Crippen LogP contribution in [0.3, 0.4) is 0 Å². The van der Waals surface area contributed by atoms with Crippen LogP contribution in [0.2, 0.25) is 0 Å². The first-order valence-corrected chi connectivity index (χ1v) is 10.0. The maximum atomic E-state index is 12.2. The van der Waals surface area contributed by atoms with E-state index in [1.807, 2.05) is 26.0 Å². The fourth-order valence-corrected chi connectivity index (χ4v) is 3.41. The molecule has 0 aliphatic carbocycles. The Morgan fingerprint density at radius 3 is 2.22 bits per heavy atom. The van der Waals surface area contributed by atoms with Crippen LogP contribution in [-0.4, -0.2) is 26.0 Å². The largest absolute Gasteiger partial charge is 0.326 e. The minimum absolute atomic E-state index is 0.173. The Hall–Kier alpha value is -2.87. The number of rotatable bonds is 7. The number of carbonyl (C=O) groups is 2. The van der Waals surface area contributed by atoms with Gasteiger partial charge in [0.2, 0.25) is 21.8 Å². The van der Waals surface area contributed by atoms with E-state index in [2.05, 4.69) is 15.4 Å². The average Bonchev–Trinajstić information content (AvgIpc) is 2.56. The lowest BCUT2D eigenvalue weighted by molar-refractivity contribution is -0.116. The molecule has 0 aliphatic heterocycles. The van der Waals surface area contributed by atoms with Crippen molar-refractivity contribution in [3.05, 3.63) is 53.6 Å². The van der Waals surface area contributed by atoms with Gasteiger partial charge in [-0.05, 0) is 55.3 Å². The smallest absolute Gasteiger partial charge is 0.233 e. The molecule has 0 spiro atoms. The maximum Gasteiger partial charge on any atom is 0.233 e. The summed E-state index contributed by atoms with van der Waals surface area (Å²) in [6.45, 7) is 5.28. The molecule has 0 fully saturated rings. The zero-order valence-corrected chi connectivity index (χ0v) is 16.3. The number of anilines is 3. The summed E-state index contributed by atoms with van der Waals surface area (Å²) >= 11 is 0. The molecule has 0 aromatic heterocycles. The van der Waals surface area contributed by atoms with E-state index in [9.17, 15) is 18.0 Å². The summed E-state index contributed by atoms with van der Waals surface area (Å²) in [5.74, 6) is -0.984. The van der Waals surface area contributed by atoms with Gasteiger partial charge >= 0.3 is 0 Å². The van der Waals surface area contributed by atoms with Crippen molar-refractivity contribution in [1.29, 1.82) is 0 Å². The topological polar surface area (TPSA) is 104 Å². The van der Waals surface area contributed by atoms with Crippen LogP contribution in [-0.2, 0) is 19.6 Å². The van der Waals surface area contributed by atoms with E-state index in [1.165, 1.54) is 13.0 Å². The van der Waals surface area contributed by atoms with Gasteiger partial charge in [-0.2, -0.15) is 0 Å². The second-order valence-corrected chi connectivity index (χ2v) is 8.12. The van der Waals surface area contributed by atoms with Gasteiger partial charge in [-0.3, -0.25) is 14.3 Å². The third-order valence-corrected chi connectivity index (χ3v) is 5.13. The fourth-order valence-electron chi connectivity index (χ4n) is 2.36. The Balaban J connectivity index is 1.93. The molecule has 0 saturated carbocycles. The molecule has 2 amide bonds. The number of nitrogens with one attached hydrogen (secondary N) is 3. The van der Waals surface area contributed by atoms with Crippen LogP contribution in [0.1, 0.15) is 24.5 Å². The Labute approximate surface area is 159 Å². The van der Waals surface area contributed by atoms with Crippen LogP contribution >= 0.6 is 0 Å². The molecular weight excluding hydrogens is 366 g/mol. The van der Waals surface area contributed by atoms with E-state index in [1.54, 1.807) is 24.3 Å². The number of carbonyl (C=O) groups excluding carboxylic acids is 2. The predicted octanol–water partition coefficient (Wildman–Crippen LogP) is 3.03. The second-order valence-electron chi connectivity index (χ2n) is 6.28. The van der Waals surface area contributed by atoms with E-state index in [-0.39, 0.29) is 24.0 Å². The van der Waals surface area contributed by atoms with Gasteiger partial charge in [0.1, 0.15) is 0 Å². The molecule has 0 saturated heterocycles. The molecule has 2 rings (SSSR count). The van der Waals surface area contributed by atoms with E-state index in [0.29, 0.717) is 17.1 Å². The third kappa shape index (κ3) is 6.74. The van der Waals surface area contributed by atoms with E-state index >= 15 is 0 Å². The van der Waals surface area contributed by atoms with Crippen LogP contribution < -0.4 is 15.4 Å². The summed E-state index contributed by atoms with van der Waals surface area (Å²) < 4.78 is 26.8. The first-order chi connectivity index (χ1) is 12.6. The Morgan fingerprint density at radius 1 is 0.889 bits per heavy atom. The molecule has 8 heteroatoms. The summed E-state index contributed by atoms with van der Waals surface area (Å²) in [5, 5.41) is 5.28. The zero-order chi connectivity index (χ0) is 20.0. The van der Waals surface area contributed by atoms with Crippen molar-refractivity contribution in [3.8, 4) is 0 Å². The number of amides is 2. The first-order valence-electron chi connectivity index (χ1n) is 8.40. The van der Waals surface area contributed by atoms with Crippen molar-refractivity contribution in [2.24, 2.45) is 0 Å². The summed E-state index contributed by atoms with van der Waals surface area (Å²) in [7, 11) is -3.71. The van der Waals surface area contributed by atoms with Crippen LogP contribution in [0, 0.1) is 13.8 Å². The van der Waals surface area contributed by atoms with Crippen molar-refractivity contribution in [1.82, 2.24) is 0 Å². The fraction of sp³-hybridized carbons (Fsp3) is 0.263. The number of aryl methyl sites for hydroxylation is 2. The second kappa shape index (κ2) is 8.68. The lowest BCUT2D eigenvalue weighted by atomic mass is 10.1. The van der Waals surface area contributed by atoms with E-state index in [4.69, 9.17) is 0 Å². The Kier molecular flexibility index (Phi) is 6.57. The number of benzene rings is 2. The molecule has 3 N–H and O–H groups in total.